The first-order valence-corrected chi connectivity index (χ1v) is 7.89. The van der Waals surface area contributed by atoms with Crippen molar-refractivity contribution < 1.29 is 14.1 Å². The van der Waals surface area contributed by atoms with Crippen molar-refractivity contribution in [1.29, 1.82) is 0 Å². The molecule has 0 spiro atoms. The molecular formula is C19H19N3O3. The van der Waals surface area contributed by atoms with Crippen LogP contribution in [0.25, 0.3) is 11.4 Å². The number of rotatable bonds is 5. The molecule has 6 heteroatoms. The fourth-order valence-corrected chi connectivity index (χ4v) is 2.42. The van der Waals surface area contributed by atoms with E-state index in [4.69, 9.17) is 9.26 Å². The average Bonchev–Trinajstić information content (AvgIpc) is 3.09. The second kappa shape index (κ2) is 7.17. The molecule has 3 rings (SSSR count). The molecule has 2 aromatic carbocycles. The third-order valence-electron chi connectivity index (χ3n) is 3.84. The van der Waals surface area contributed by atoms with Gasteiger partial charge in [-0.2, -0.15) is 4.98 Å². The number of nitrogens with zero attached hydrogens (tertiary/aromatic N) is 2. The first-order valence-electron chi connectivity index (χ1n) is 7.89. The molecule has 0 fully saturated rings. The Bertz CT molecular complexity index is 885. The van der Waals surface area contributed by atoms with Gasteiger partial charge in [-0.15, -0.1) is 0 Å². The Morgan fingerprint density at radius 3 is 2.60 bits per heavy atom. The molecule has 1 N–H and O–H groups in total. The van der Waals surface area contributed by atoms with Gasteiger partial charge in [0.15, 0.2) is 0 Å². The van der Waals surface area contributed by atoms with Gasteiger partial charge in [0.2, 0.25) is 11.7 Å². The third-order valence-corrected chi connectivity index (χ3v) is 3.84. The lowest BCUT2D eigenvalue weighted by molar-refractivity contribution is 0.0946. The SMILES string of the molecule is COc1ccc(C(=O)NCc2nc(-c3ccc(C)cc3)no2)cc1C. The normalized spacial score (nSPS) is 10.5. The van der Waals surface area contributed by atoms with Gasteiger partial charge in [0.05, 0.1) is 13.7 Å². The summed E-state index contributed by atoms with van der Waals surface area (Å²) in [5, 5.41) is 6.73. The van der Waals surface area contributed by atoms with E-state index in [1.54, 1.807) is 25.3 Å². The first kappa shape index (κ1) is 16.7. The highest BCUT2D eigenvalue weighted by atomic mass is 16.5. The molecule has 0 aliphatic heterocycles. The molecule has 0 saturated carbocycles. The lowest BCUT2D eigenvalue weighted by atomic mass is 10.1. The van der Waals surface area contributed by atoms with Crippen LogP contribution in [0.1, 0.15) is 27.4 Å². The Morgan fingerprint density at radius 1 is 1.16 bits per heavy atom. The molecule has 25 heavy (non-hydrogen) atoms. The van der Waals surface area contributed by atoms with E-state index in [1.807, 2.05) is 38.1 Å². The molecule has 0 radical (unpaired) electrons. The molecule has 0 atom stereocenters. The number of amides is 1. The van der Waals surface area contributed by atoms with Crippen molar-refractivity contribution >= 4 is 5.91 Å². The van der Waals surface area contributed by atoms with Crippen LogP contribution in [-0.4, -0.2) is 23.2 Å². The Balaban J connectivity index is 1.65. The van der Waals surface area contributed by atoms with Gasteiger partial charge in [0.25, 0.3) is 5.91 Å². The number of ether oxygens (including phenoxy) is 1. The summed E-state index contributed by atoms with van der Waals surface area (Å²) in [6.07, 6.45) is 0. The van der Waals surface area contributed by atoms with Crippen LogP contribution in [0.15, 0.2) is 47.0 Å². The van der Waals surface area contributed by atoms with E-state index in [2.05, 4.69) is 15.5 Å². The van der Waals surface area contributed by atoms with Gasteiger partial charge in [-0.25, -0.2) is 0 Å². The average molecular weight is 337 g/mol. The molecule has 3 aromatic rings. The molecule has 0 aliphatic carbocycles. The predicted molar refractivity (Wildman–Crippen MR) is 93.4 cm³/mol. The van der Waals surface area contributed by atoms with Gasteiger partial charge in [-0.3, -0.25) is 4.79 Å². The van der Waals surface area contributed by atoms with Crippen molar-refractivity contribution in [1.82, 2.24) is 15.5 Å². The molecule has 1 heterocycles. The molecule has 0 bridgehead atoms. The maximum absolute atomic E-state index is 12.2. The maximum Gasteiger partial charge on any atom is 0.251 e. The monoisotopic (exact) mass is 337 g/mol. The number of nitrogens with one attached hydrogen (secondary N) is 1. The number of carbonyl (C=O) groups is 1. The summed E-state index contributed by atoms with van der Waals surface area (Å²) in [5.41, 5.74) is 3.48. The van der Waals surface area contributed by atoms with E-state index in [-0.39, 0.29) is 12.5 Å². The third kappa shape index (κ3) is 3.85. The van der Waals surface area contributed by atoms with Gasteiger partial charge in [-0.05, 0) is 37.6 Å². The van der Waals surface area contributed by atoms with Gasteiger partial charge in [-0.1, -0.05) is 35.0 Å². The molecule has 0 aliphatic rings. The lowest BCUT2D eigenvalue weighted by Gasteiger charge is -2.07. The highest BCUT2D eigenvalue weighted by Crippen LogP contribution is 2.19. The second-order valence-electron chi connectivity index (χ2n) is 5.74. The zero-order valence-corrected chi connectivity index (χ0v) is 14.4. The highest BCUT2D eigenvalue weighted by Gasteiger charge is 2.12. The summed E-state index contributed by atoms with van der Waals surface area (Å²) in [4.78, 5) is 16.6. The number of methoxy groups -OCH3 is 1. The van der Waals surface area contributed by atoms with Crippen molar-refractivity contribution in [2.45, 2.75) is 20.4 Å². The number of hydrogen-bond donors (Lipinski definition) is 1. The molecular weight excluding hydrogens is 318 g/mol. The van der Waals surface area contributed by atoms with Crippen LogP contribution in [0.4, 0.5) is 0 Å². The number of hydrogen-bond acceptors (Lipinski definition) is 5. The molecule has 1 amide bonds. The van der Waals surface area contributed by atoms with E-state index in [0.717, 1.165) is 22.4 Å². The molecule has 0 saturated heterocycles. The van der Waals surface area contributed by atoms with Gasteiger partial charge in [0.1, 0.15) is 5.75 Å². The Hall–Kier alpha value is -3.15. The van der Waals surface area contributed by atoms with Crippen molar-refractivity contribution in [2.75, 3.05) is 7.11 Å². The van der Waals surface area contributed by atoms with Gasteiger partial charge >= 0.3 is 0 Å². The molecule has 0 unspecified atom stereocenters. The van der Waals surface area contributed by atoms with Gasteiger partial charge < -0.3 is 14.6 Å². The minimum absolute atomic E-state index is 0.169. The smallest absolute Gasteiger partial charge is 0.251 e. The highest BCUT2D eigenvalue weighted by molar-refractivity contribution is 5.94. The van der Waals surface area contributed by atoms with Crippen molar-refractivity contribution in [3.63, 3.8) is 0 Å². The number of benzene rings is 2. The van der Waals surface area contributed by atoms with Crippen LogP contribution in [0.3, 0.4) is 0 Å². The predicted octanol–water partition coefficient (Wildman–Crippen LogP) is 3.29. The van der Waals surface area contributed by atoms with E-state index in [0.29, 0.717) is 17.3 Å². The lowest BCUT2D eigenvalue weighted by Crippen LogP contribution is -2.23. The molecule has 128 valence electrons. The number of carbonyl (C=O) groups excluding carboxylic acids is 1. The van der Waals surface area contributed by atoms with E-state index in [1.165, 1.54) is 0 Å². The molecule has 1 aromatic heterocycles. The zero-order valence-electron chi connectivity index (χ0n) is 14.4. The van der Waals surface area contributed by atoms with Crippen LogP contribution in [0.2, 0.25) is 0 Å². The summed E-state index contributed by atoms with van der Waals surface area (Å²) in [6, 6.07) is 13.1. The minimum Gasteiger partial charge on any atom is -0.496 e. The second-order valence-corrected chi connectivity index (χ2v) is 5.74. The van der Waals surface area contributed by atoms with Crippen molar-refractivity contribution in [3.05, 3.63) is 65.0 Å². The van der Waals surface area contributed by atoms with Gasteiger partial charge in [0, 0.05) is 11.1 Å². The van der Waals surface area contributed by atoms with E-state index in [9.17, 15) is 4.79 Å². The zero-order chi connectivity index (χ0) is 17.8. The van der Waals surface area contributed by atoms with E-state index < -0.39 is 0 Å². The largest absolute Gasteiger partial charge is 0.496 e. The Labute approximate surface area is 145 Å². The Morgan fingerprint density at radius 2 is 1.92 bits per heavy atom. The maximum atomic E-state index is 12.2. The van der Waals surface area contributed by atoms with Crippen LogP contribution in [-0.2, 0) is 6.54 Å². The van der Waals surface area contributed by atoms with Crippen molar-refractivity contribution in [2.24, 2.45) is 0 Å². The standard InChI is InChI=1S/C19H19N3O3/c1-12-4-6-14(7-5-12)18-21-17(25-22-18)11-20-19(23)15-8-9-16(24-3)13(2)10-15/h4-10H,11H2,1-3H3,(H,20,23). The van der Waals surface area contributed by atoms with Crippen LogP contribution < -0.4 is 10.1 Å². The summed E-state index contributed by atoms with van der Waals surface area (Å²) in [6.45, 7) is 4.08. The summed E-state index contributed by atoms with van der Waals surface area (Å²) >= 11 is 0. The topological polar surface area (TPSA) is 77.2 Å². The number of aromatic nitrogens is 2. The Kier molecular flexibility index (Phi) is 4.79. The fourth-order valence-electron chi connectivity index (χ4n) is 2.42. The van der Waals surface area contributed by atoms with Crippen LogP contribution >= 0.6 is 0 Å². The van der Waals surface area contributed by atoms with Crippen LogP contribution in [0.5, 0.6) is 5.75 Å². The fraction of sp³-hybridized carbons (Fsp3) is 0.211. The summed E-state index contributed by atoms with van der Waals surface area (Å²) in [5.74, 6) is 1.40. The minimum atomic E-state index is -0.208. The van der Waals surface area contributed by atoms with E-state index >= 15 is 0 Å². The molecule has 6 nitrogen and oxygen atoms in total. The first-order chi connectivity index (χ1) is 12.1. The number of aryl methyl sites for hydroxylation is 2. The summed E-state index contributed by atoms with van der Waals surface area (Å²) in [7, 11) is 1.60. The van der Waals surface area contributed by atoms with Crippen molar-refractivity contribution in [3.8, 4) is 17.1 Å². The summed E-state index contributed by atoms with van der Waals surface area (Å²) < 4.78 is 10.4. The quantitative estimate of drug-likeness (QED) is 0.773. The van der Waals surface area contributed by atoms with Crippen LogP contribution in [0, 0.1) is 13.8 Å².